The first-order chi connectivity index (χ1) is 10.9. The van der Waals surface area contributed by atoms with Crippen LogP contribution in [0, 0.1) is 0 Å². The number of carbonyl (C=O) groups is 2. The first-order valence-electron chi connectivity index (χ1n) is 7.09. The average Bonchev–Trinajstić information content (AvgIpc) is 2.51. The van der Waals surface area contributed by atoms with Gasteiger partial charge in [-0.1, -0.05) is 12.1 Å². The van der Waals surface area contributed by atoms with Crippen molar-refractivity contribution in [2.24, 2.45) is 0 Å². The molecule has 2 amide bonds. The molecule has 1 aromatic rings. The first-order valence-corrected chi connectivity index (χ1v) is 7.50. The molecule has 6 nitrogen and oxygen atoms in total. The quantitative estimate of drug-likeness (QED) is 0.495. The number of amides is 2. The molecule has 1 N–H and O–H groups in total. The van der Waals surface area contributed by atoms with Gasteiger partial charge in [0, 0.05) is 26.9 Å². The molecule has 122 valence electrons. The van der Waals surface area contributed by atoms with Crippen LogP contribution in [0.15, 0.2) is 29.8 Å². The van der Waals surface area contributed by atoms with Crippen molar-refractivity contribution in [1.82, 2.24) is 10.2 Å². The summed E-state index contributed by atoms with van der Waals surface area (Å²) in [5, 5.41) is 2.64. The maximum Gasteiger partial charge on any atom is 0.265 e. The van der Waals surface area contributed by atoms with E-state index in [0.29, 0.717) is 13.2 Å². The zero-order valence-electron chi connectivity index (χ0n) is 13.3. The molecule has 1 fully saturated rings. The first kappa shape index (κ1) is 17.1. The van der Waals surface area contributed by atoms with Gasteiger partial charge in [-0.3, -0.25) is 19.8 Å². The van der Waals surface area contributed by atoms with Crippen LogP contribution in [0.25, 0.3) is 6.08 Å². The highest BCUT2D eigenvalue weighted by Crippen LogP contribution is 2.17. The third-order valence-electron chi connectivity index (χ3n) is 3.43. The highest BCUT2D eigenvalue weighted by Gasteiger charge is 2.32. The molecule has 0 unspecified atom stereocenters. The van der Waals surface area contributed by atoms with Gasteiger partial charge >= 0.3 is 0 Å². The molecule has 1 aromatic carbocycles. The van der Waals surface area contributed by atoms with E-state index in [0.717, 1.165) is 11.3 Å². The van der Waals surface area contributed by atoms with E-state index in [1.54, 1.807) is 13.2 Å². The summed E-state index contributed by atoms with van der Waals surface area (Å²) >= 11 is 5.04. The monoisotopic (exact) mass is 333 g/mol. The van der Waals surface area contributed by atoms with Gasteiger partial charge in [-0.05, 0) is 36.0 Å². The van der Waals surface area contributed by atoms with E-state index in [-0.39, 0.29) is 10.7 Å². The zero-order chi connectivity index (χ0) is 17.0. The predicted molar refractivity (Wildman–Crippen MR) is 93.1 cm³/mol. The third-order valence-corrected chi connectivity index (χ3v) is 3.75. The van der Waals surface area contributed by atoms with Crippen LogP contribution in [0.3, 0.4) is 0 Å². The van der Waals surface area contributed by atoms with E-state index in [2.05, 4.69) is 5.32 Å². The lowest BCUT2D eigenvalue weighted by Crippen LogP contribution is -2.54. The van der Waals surface area contributed by atoms with Crippen molar-refractivity contribution in [3.8, 4) is 0 Å². The summed E-state index contributed by atoms with van der Waals surface area (Å²) in [7, 11) is 5.43. The molecule has 2 rings (SSSR count). The molecule has 0 aliphatic carbocycles. The summed E-state index contributed by atoms with van der Waals surface area (Å²) in [6, 6.07) is 7.56. The minimum Gasteiger partial charge on any atom is -0.383 e. The molecule has 23 heavy (non-hydrogen) atoms. The van der Waals surface area contributed by atoms with Crippen LogP contribution in [0.1, 0.15) is 5.56 Å². The van der Waals surface area contributed by atoms with Gasteiger partial charge in [0.2, 0.25) is 0 Å². The molecule has 0 saturated carbocycles. The van der Waals surface area contributed by atoms with E-state index in [1.165, 1.54) is 4.90 Å². The number of anilines is 1. The minimum absolute atomic E-state index is 0.0623. The van der Waals surface area contributed by atoms with Crippen molar-refractivity contribution < 1.29 is 14.3 Å². The van der Waals surface area contributed by atoms with Gasteiger partial charge in [0.1, 0.15) is 5.57 Å². The number of nitrogens with one attached hydrogen (secondary N) is 1. The lowest BCUT2D eigenvalue weighted by molar-refractivity contribution is -0.129. The number of rotatable bonds is 5. The van der Waals surface area contributed by atoms with Gasteiger partial charge in [0.15, 0.2) is 5.11 Å². The molecular weight excluding hydrogens is 314 g/mol. The summed E-state index contributed by atoms with van der Waals surface area (Å²) in [4.78, 5) is 27.8. The summed E-state index contributed by atoms with van der Waals surface area (Å²) in [5.74, 6) is -0.891. The molecule has 0 bridgehead atoms. The Morgan fingerprint density at radius 1 is 1.26 bits per heavy atom. The standard InChI is InChI=1S/C16H19N3O3S/c1-18(2)12-6-4-11(5-7-12)10-13-14(20)17-16(23)19(15(13)21)8-9-22-3/h4-7,10H,8-9H2,1-3H3,(H,17,20,23)/b13-10-. The number of methoxy groups -OCH3 is 1. The highest BCUT2D eigenvalue weighted by molar-refractivity contribution is 7.80. The van der Waals surface area contributed by atoms with Crippen molar-refractivity contribution in [2.45, 2.75) is 0 Å². The Hall–Kier alpha value is -2.25. The van der Waals surface area contributed by atoms with E-state index in [1.807, 2.05) is 43.3 Å². The number of nitrogens with zero attached hydrogens (tertiary/aromatic N) is 2. The van der Waals surface area contributed by atoms with Gasteiger partial charge in [-0.25, -0.2) is 0 Å². The van der Waals surface area contributed by atoms with Crippen molar-refractivity contribution in [2.75, 3.05) is 39.3 Å². The van der Waals surface area contributed by atoms with E-state index >= 15 is 0 Å². The predicted octanol–water partition coefficient (Wildman–Crippen LogP) is 1.03. The van der Waals surface area contributed by atoms with Crippen LogP contribution < -0.4 is 10.2 Å². The van der Waals surface area contributed by atoms with Crippen molar-refractivity contribution in [3.63, 3.8) is 0 Å². The zero-order valence-corrected chi connectivity index (χ0v) is 14.1. The Morgan fingerprint density at radius 2 is 1.91 bits per heavy atom. The molecule has 7 heteroatoms. The van der Waals surface area contributed by atoms with E-state index in [9.17, 15) is 9.59 Å². The summed E-state index contributed by atoms with van der Waals surface area (Å²) in [6.07, 6.45) is 1.57. The molecule has 0 spiro atoms. The SMILES string of the molecule is COCCN1C(=O)/C(=C\c2ccc(N(C)C)cc2)C(=O)NC1=S. The number of benzene rings is 1. The number of ether oxygens (including phenoxy) is 1. The third kappa shape index (κ3) is 3.94. The minimum atomic E-state index is -0.481. The summed E-state index contributed by atoms with van der Waals surface area (Å²) in [5.41, 5.74) is 1.87. The van der Waals surface area contributed by atoms with Gasteiger partial charge in [0.05, 0.1) is 13.2 Å². The maximum atomic E-state index is 12.5. The van der Waals surface area contributed by atoms with Crippen LogP contribution in [0.4, 0.5) is 5.69 Å². The summed E-state index contributed by atoms with van der Waals surface area (Å²) < 4.78 is 4.97. The van der Waals surface area contributed by atoms with Crippen LogP contribution in [0.5, 0.6) is 0 Å². The second kappa shape index (κ2) is 7.34. The van der Waals surface area contributed by atoms with Crippen molar-refractivity contribution in [1.29, 1.82) is 0 Å². The molecule has 1 aliphatic heterocycles. The lowest BCUT2D eigenvalue weighted by atomic mass is 10.1. The van der Waals surface area contributed by atoms with Crippen molar-refractivity contribution in [3.05, 3.63) is 35.4 Å². The molecule has 1 aliphatic rings. The Bertz CT molecular complexity index is 653. The number of hydrogen-bond acceptors (Lipinski definition) is 5. The molecular formula is C16H19N3O3S. The molecule has 1 heterocycles. The number of hydrogen-bond donors (Lipinski definition) is 1. The van der Waals surface area contributed by atoms with Gasteiger partial charge in [-0.15, -0.1) is 0 Å². The van der Waals surface area contributed by atoms with Crippen molar-refractivity contribution >= 4 is 40.9 Å². The number of thiocarbonyl (C=S) groups is 1. The fourth-order valence-electron chi connectivity index (χ4n) is 2.11. The topological polar surface area (TPSA) is 61.9 Å². The largest absolute Gasteiger partial charge is 0.383 e. The fourth-order valence-corrected chi connectivity index (χ4v) is 2.38. The van der Waals surface area contributed by atoms with Gasteiger partial charge < -0.3 is 9.64 Å². The summed E-state index contributed by atoms with van der Waals surface area (Å²) in [6.45, 7) is 0.637. The molecule has 0 radical (unpaired) electrons. The van der Waals surface area contributed by atoms with Crippen LogP contribution in [-0.2, 0) is 14.3 Å². The maximum absolute atomic E-state index is 12.5. The van der Waals surface area contributed by atoms with E-state index < -0.39 is 11.8 Å². The Kier molecular flexibility index (Phi) is 5.46. The van der Waals surface area contributed by atoms with Crippen LogP contribution in [-0.4, -0.2) is 56.2 Å². The Morgan fingerprint density at radius 3 is 2.48 bits per heavy atom. The second-order valence-corrected chi connectivity index (χ2v) is 5.64. The normalized spacial score (nSPS) is 16.7. The molecule has 0 atom stereocenters. The van der Waals surface area contributed by atoms with Crippen LogP contribution >= 0.6 is 12.2 Å². The van der Waals surface area contributed by atoms with Gasteiger partial charge in [0.25, 0.3) is 11.8 Å². The smallest absolute Gasteiger partial charge is 0.265 e. The number of carbonyl (C=O) groups excluding carboxylic acids is 2. The second-order valence-electron chi connectivity index (χ2n) is 5.25. The average molecular weight is 333 g/mol. The molecule has 0 aromatic heterocycles. The Labute approximate surface area is 140 Å². The fraction of sp³-hybridized carbons (Fsp3) is 0.312. The highest BCUT2D eigenvalue weighted by atomic mass is 32.1. The van der Waals surface area contributed by atoms with Gasteiger partial charge in [-0.2, -0.15) is 0 Å². The molecule has 1 saturated heterocycles. The van der Waals surface area contributed by atoms with Crippen LogP contribution in [0.2, 0.25) is 0 Å². The van der Waals surface area contributed by atoms with E-state index in [4.69, 9.17) is 17.0 Å². The lowest BCUT2D eigenvalue weighted by Gasteiger charge is -2.28. The Balaban J connectivity index is 2.26.